The Morgan fingerprint density at radius 3 is 2.43 bits per heavy atom. The zero-order chi connectivity index (χ0) is 14.9. The van der Waals surface area contributed by atoms with Crippen LogP contribution in [-0.2, 0) is 0 Å². The zero-order valence-electron chi connectivity index (χ0n) is 13.2. The minimum atomic E-state index is 0.751. The van der Waals surface area contributed by atoms with Crippen LogP contribution in [0.3, 0.4) is 0 Å². The highest BCUT2D eigenvalue weighted by molar-refractivity contribution is 5.52. The van der Waals surface area contributed by atoms with Gasteiger partial charge in [0.25, 0.3) is 0 Å². The molecule has 1 aromatic rings. The van der Waals surface area contributed by atoms with Crippen molar-refractivity contribution in [2.75, 3.05) is 0 Å². The molecule has 0 N–H and O–H groups in total. The number of hydrogen-bond acceptors (Lipinski definition) is 1. The summed E-state index contributed by atoms with van der Waals surface area (Å²) in [6.07, 6.45) is 14.5. The van der Waals surface area contributed by atoms with Gasteiger partial charge in [0.2, 0.25) is 0 Å². The van der Waals surface area contributed by atoms with Crippen LogP contribution in [0.15, 0.2) is 30.3 Å². The molecule has 0 aliphatic heterocycles. The van der Waals surface area contributed by atoms with Gasteiger partial charge < -0.3 is 0 Å². The number of rotatable bonds is 6. The van der Waals surface area contributed by atoms with Gasteiger partial charge in [-0.2, -0.15) is 5.26 Å². The highest BCUT2D eigenvalue weighted by Gasteiger charge is 2.21. The average Bonchev–Trinajstić information content (AvgIpc) is 2.54. The topological polar surface area (TPSA) is 23.8 Å². The largest absolute Gasteiger partial charge is 0.193 e. The summed E-state index contributed by atoms with van der Waals surface area (Å²) >= 11 is 0. The van der Waals surface area contributed by atoms with Crippen LogP contribution in [0.25, 0.3) is 6.08 Å². The molecule has 0 bridgehead atoms. The van der Waals surface area contributed by atoms with E-state index in [0.29, 0.717) is 0 Å². The molecule has 0 unspecified atom stereocenters. The van der Waals surface area contributed by atoms with Gasteiger partial charge in [-0.3, -0.25) is 0 Å². The number of hydrogen-bond donors (Lipinski definition) is 0. The van der Waals surface area contributed by atoms with Crippen LogP contribution in [0.4, 0.5) is 0 Å². The zero-order valence-corrected chi connectivity index (χ0v) is 13.2. The van der Waals surface area contributed by atoms with Gasteiger partial charge in [-0.15, -0.1) is 0 Å². The molecule has 1 aromatic carbocycles. The Bertz CT molecular complexity index is 470. The second kappa shape index (κ2) is 8.67. The van der Waals surface area contributed by atoms with E-state index in [2.05, 4.69) is 31.2 Å². The van der Waals surface area contributed by atoms with Crippen molar-refractivity contribution in [1.82, 2.24) is 0 Å². The third-order valence-electron chi connectivity index (χ3n) is 4.82. The van der Waals surface area contributed by atoms with Crippen LogP contribution in [-0.4, -0.2) is 0 Å². The second-order valence-electron chi connectivity index (χ2n) is 6.34. The Hall–Kier alpha value is -1.55. The smallest absolute Gasteiger partial charge is 0.0912 e. The highest BCUT2D eigenvalue weighted by Crippen LogP contribution is 2.37. The predicted octanol–water partition coefficient (Wildman–Crippen LogP) is 6.08. The molecule has 112 valence electrons. The summed E-state index contributed by atoms with van der Waals surface area (Å²) in [5.41, 5.74) is 2.60. The van der Waals surface area contributed by atoms with Crippen molar-refractivity contribution >= 4 is 6.08 Å². The van der Waals surface area contributed by atoms with Crippen molar-refractivity contribution in [2.24, 2.45) is 5.92 Å². The molecule has 21 heavy (non-hydrogen) atoms. The first-order chi connectivity index (χ1) is 10.3. The molecule has 0 heterocycles. The number of benzene rings is 1. The fourth-order valence-electron chi connectivity index (χ4n) is 3.48. The third kappa shape index (κ3) is 5.05. The maximum absolute atomic E-state index is 8.55. The first-order valence-corrected chi connectivity index (χ1v) is 8.49. The first-order valence-electron chi connectivity index (χ1n) is 8.49. The van der Waals surface area contributed by atoms with Crippen LogP contribution < -0.4 is 0 Å². The van der Waals surface area contributed by atoms with Gasteiger partial charge in [0, 0.05) is 6.08 Å². The van der Waals surface area contributed by atoms with Crippen molar-refractivity contribution in [2.45, 2.75) is 64.2 Å². The summed E-state index contributed by atoms with van der Waals surface area (Å²) in [4.78, 5) is 0. The van der Waals surface area contributed by atoms with Crippen LogP contribution in [0, 0.1) is 17.2 Å². The van der Waals surface area contributed by atoms with Crippen molar-refractivity contribution in [1.29, 1.82) is 5.26 Å². The summed E-state index contributed by atoms with van der Waals surface area (Å²) < 4.78 is 0. The van der Waals surface area contributed by atoms with Gasteiger partial charge in [-0.25, -0.2) is 0 Å². The SMILES string of the molecule is CCCCC[C@H]1CC[C@H](c2ccc(C=CC#N)cc2)CC1. The molecule has 0 amide bonds. The van der Waals surface area contributed by atoms with Crippen molar-refractivity contribution in [3.05, 3.63) is 41.5 Å². The maximum atomic E-state index is 8.55. The molecule has 1 saturated carbocycles. The molecule has 0 atom stereocenters. The summed E-state index contributed by atoms with van der Waals surface area (Å²) in [6.45, 7) is 2.28. The number of nitriles is 1. The van der Waals surface area contributed by atoms with Crippen molar-refractivity contribution in [3.63, 3.8) is 0 Å². The van der Waals surface area contributed by atoms with Gasteiger partial charge in [-0.1, -0.05) is 56.9 Å². The lowest BCUT2D eigenvalue weighted by molar-refractivity contribution is 0.303. The average molecular weight is 281 g/mol. The molecule has 0 saturated heterocycles. The molecule has 0 aromatic heterocycles. The highest BCUT2D eigenvalue weighted by atomic mass is 14.3. The van der Waals surface area contributed by atoms with E-state index >= 15 is 0 Å². The van der Waals surface area contributed by atoms with E-state index in [1.165, 1.54) is 63.0 Å². The maximum Gasteiger partial charge on any atom is 0.0912 e. The Labute approximate surface area is 129 Å². The Balaban J connectivity index is 1.82. The lowest BCUT2D eigenvalue weighted by Crippen LogP contribution is -2.13. The summed E-state index contributed by atoms with van der Waals surface area (Å²) in [6, 6.07) is 10.8. The van der Waals surface area contributed by atoms with E-state index in [4.69, 9.17) is 5.26 Å². The van der Waals surface area contributed by atoms with Crippen molar-refractivity contribution in [3.8, 4) is 6.07 Å². The third-order valence-corrected chi connectivity index (χ3v) is 4.82. The minimum Gasteiger partial charge on any atom is -0.193 e. The lowest BCUT2D eigenvalue weighted by atomic mass is 9.77. The summed E-state index contributed by atoms with van der Waals surface area (Å²) in [5, 5.41) is 8.55. The summed E-state index contributed by atoms with van der Waals surface area (Å²) in [5.74, 6) is 1.73. The standard InChI is InChI=1S/C20H27N/c1-2-3-4-6-17-8-12-19(13-9-17)20-14-10-18(11-15-20)7-5-16-21/h5,7,10-11,14-15,17,19H,2-4,6,8-9,12-13H2,1H3/t17-,19-. The molecule has 0 radical (unpaired) electrons. The Morgan fingerprint density at radius 1 is 1.10 bits per heavy atom. The van der Waals surface area contributed by atoms with E-state index in [9.17, 15) is 0 Å². The van der Waals surface area contributed by atoms with Crippen LogP contribution >= 0.6 is 0 Å². The van der Waals surface area contributed by atoms with Crippen LogP contribution in [0.5, 0.6) is 0 Å². The lowest BCUT2D eigenvalue weighted by Gasteiger charge is -2.29. The van der Waals surface area contributed by atoms with Gasteiger partial charge in [0.05, 0.1) is 6.07 Å². The molecule has 1 nitrogen and oxygen atoms in total. The van der Waals surface area contributed by atoms with E-state index in [-0.39, 0.29) is 0 Å². The van der Waals surface area contributed by atoms with E-state index in [1.807, 2.05) is 12.1 Å². The predicted molar refractivity (Wildman–Crippen MR) is 89.9 cm³/mol. The monoisotopic (exact) mass is 281 g/mol. The molecule has 0 spiro atoms. The van der Waals surface area contributed by atoms with Gasteiger partial charge in [-0.05, 0) is 54.7 Å². The normalized spacial score (nSPS) is 22.3. The number of unbranched alkanes of at least 4 members (excludes halogenated alkanes) is 2. The molecule has 1 heteroatoms. The van der Waals surface area contributed by atoms with Gasteiger partial charge in [0.15, 0.2) is 0 Å². The Morgan fingerprint density at radius 2 is 1.81 bits per heavy atom. The van der Waals surface area contributed by atoms with E-state index < -0.39 is 0 Å². The molecule has 1 aliphatic rings. The van der Waals surface area contributed by atoms with E-state index in [1.54, 1.807) is 0 Å². The second-order valence-corrected chi connectivity index (χ2v) is 6.34. The molecule has 2 rings (SSSR count). The van der Waals surface area contributed by atoms with Crippen LogP contribution in [0.2, 0.25) is 0 Å². The summed E-state index contributed by atoms with van der Waals surface area (Å²) in [7, 11) is 0. The van der Waals surface area contributed by atoms with Crippen LogP contribution in [0.1, 0.15) is 75.3 Å². The fourth-order valence-corrected chi connectivity index (χ4v) is 3.48. The Kier molecular flexibility index (Phi) is 6.54. The van der Waals surface area contributed by atoms with E-state index in [0.717, 1.165) is 17.4 Å². The molecule has 1 fully saturated rings. The van der Waals surface area contributed by atoms with Gasteiger partial charge >= 0.3 is 0 Å². The van der Waals surface area contributed by atoms with Crippen molar-refractivity contribution < 1.29 is 0 Å². The first kappa shape index (κ1) is 15.8. The fraction of sp³-hybridized carbons (Fsp3) is 0.550. The molecular weight excluding hydrogens is 254 g/mol. The minimum absolute atomic E-state index is 0.751. The molecular formula is C20H27N. The molecule has 1 aliphatic carbocycles. The van der Waals surface area contributed by atoms with Gasteiger partial charge in [0.1, 0.15) is 0 Å². The number of allylic oxidation sites excluding steroid dienone is 1. The quantitative estimate of drug-likeness (QED) is 0.458. The number of nitrogens with zero attached hydrogens (tertiary/aromatic N) is 1.